The summed E-state index contributed by atoms with van der Waals surface area (Å²) in [5, 5.41) is 5.75. The number of halogens is 2. The van der Waals surface area contributed by atoms with E-state index < -0.39 is 23.0 Å². The largest absolute Gasteiger partial charge is 0.325 e. The molecule has 0 saturated carbocycles. The van der Waals surface area contributed by atoms with E-state index in [1.54, 1.807) is 24.3 Å². The standard InChI is InChI=1S/C18H18ClFN2O2/c1-11-7-8-12(19)9-15(11)22-17(24)18(2,3)16(23)21-14-6-4-5-13(20)10-14/h4-10H,1-3H3,(H,21,23)(H,22,24). The van der Waals surface area contributed by atoms with Crippen LogP contribution in [0.5, 0.6) is 0 Å². The predicted molar refractivity (Wildman–Crippen MR) is 93.6 cm³/mol. The van der Waals surface area contributed by atoms with Crippen molar-refractivity contribution < 1.29 is 14.0 Å². The highest BCUT2D eigenvalue weighted by atomic mass is 35.5. The topological polar surface area (TPSA) is 58.2 Å². The molecule has 0 heterocycles. The molecule has 2 amide bonds. The molecule has 0 aliphatic carbocycles. The molecule has 0 aliphatic rings. The number of carbonyl (C=O) groups excluding carboxylic acids is 2. The average molecular weight is 349 g/mol. The lowest BCUT2D eigenvalue weighted by Crippen LogP contribution is -2.41. The van der Waals surface area contributed by atoms with Crippen LogP contribution in [0.4, 0.5) is 15.8 Å². The predicted octanol–water partition coefficient (Wildman–Crippen LogP) is 4.39. The Morgan fingerprint density at radius 2 is 1.71 bits per heavy atom. The SMILES string of the molecule is Cc1ccc(Cl)cc1NC(=O)C(C)(C)C(=O)Nc1cccc(F)c1. The van der Waals surface area contributed by atoms with Gasteiger partial charge in [-0.05, 0) is 56.7 Å². The second-order valence-corrected chi connectivity index (χ2v) is 6.44. The fourth-order valence-corrected chi connectivity index (χ4v) is 2.14. The smallest absolute Gasteiger partial charge is 0.239 e. The zero-order chi connectivity index (χ0) is 17.9. The first-order valence-electron chi connectivity index (χ1n) is 7.35. The molecule has 2 N–H and O–H groups in total. The van der Waals surface area contributed by atoms with E-state index in [9.17, 15) is 14.0 Å². The van der Waals surface area contributed by atoms with Crippen LogP contribution in [0.2, 0.25) is 5.02 Å². The number of hydrogen-bond donors (Lipinski definition) is 2. The van der Waals surface area contributed by atoms with Gasteiger partial charge in [0.05, 0.1) is 0 Å². The van der Waals surface area contributed by atoms with E-state index in [2.05, 4.69) is 10.6 Å². The van der Waals surface area contributed by atoms with E-state index in [4.69, 9.17) is 11.6 Å². The number of amides is 2. The number of nitrogens with one attached hydrogen (secondary N) is 2. The van der Waals surface area contributed by atoms with Crippen LogP contribution in [0.3, 0.4) is 0 Å². The van der Waals surface area contributed by atoms with Gasteiger partial charge in [-0.3, -0.25) is 9.59 Å². The van der Waals surface area contributed by atoms with E-state index in [1.165, 1.54) is 32.0 Å². The summed E-state index contributed by atoms with van der Waals surface area (Å²) >= 11 is 5.93. The molecule has 0 fully saturated rings. The van der Waals surface area contributed by atoms with Gasteiger partial charge >= 0.3 is 0 Å². The van der Waals surface area contributed by atoms with Crippen LogP contribution in [0.25, 0.3) is 0 Å². The molecule has 0 unspecified atom stereocenters. The van der Waals surface area contributed by atoms with E-state index in [1.807, 2.05) is 6.92 Å². The number of aryl methyl sites for hydroxylation is 1. The first-order chi connectivity index (χ1) is 11.2. The molecule has 4 nitrogen and oxygen atoms in total. The van der Waals surface area contributed by atoms with Gasteiger partial charge in [0, 0.05) is 16.4 Å². The molecular formula is C18H18ClFN2O2. The molecule has 0 spiro atoms. The first-order valence-corrected chi connectivity index (χ1v) is 7.72. The van der Waals surface area contributed by atoms with Gasteiger partial charge in [-0.1, -0.05) is 23.7 Å². The summed E-state index contributed by atoms with van der Waals surface area (Å²) in [5.74, 6) is -1.49. The van der Waals surface area contributed by atoms with Gasteiger partial charge in [0.1, 0.15) is 11.2 Å². The monoisotopic (exact) mass is 348 g/mol. The molecule has 6 heteroatoms. The lowest BCUT2D eigenvalue weighted by atomic mass is 9.90. The summed E-state index contributed by atoms with van der Waals surface area (Å²) < 4.78 is 13.2. The highest BCUT2D eigenvalue weighted by molar-refractivity contribution is 6.31. The molecule has 0 radical (unpaired) electrons. The third kappa shape index (κ3) is 4.11. The molecule has 126 valence electrons. The second-order valence-electron chi connectivity index (χ2n) is 6.00. The maximum absolute atomic E-state index is 13.2. The van der Waals surface area contributed by atoms with Crippen molar-refractivity contribution in [1.82, 2.24) is 0 Å². The maximum Gasteiger partial charge on any atom is 0.239 e. The number of rotatable bonds is 4. The lowest BCUT2D eigenvalue weighted by molar-refractivity contribution is -0.135. The van der Waals surface area contributed by atoms with E-state index in [0.717, 1.165) is 5.56 Å². The summed E-state index contributed by atoms with van der Waals surface area (Å²) in [7, 11) is 0. The Balaban J connectivity index is 2.14. The summed E-state index contributed by atoms with van der Waals surface area (Å²) in [4.78, 5) is 24.9. The van der Waals surface area contributed by atoms with E-state index in [0.29, 0.717) is 16.4 Å². The molecule has 2 aromatic rings. The Morgan fingerprint density at radius 1 is 1.04 bits per heavy atom. The van der Waals surface area contributed by atoms with Crippen LogP contribution >= 0.6 is 11.6 Å². The molecule has 0 atom stereocenters. The molecule has 2 rings (SSSR count). The Kier molecular flexibility index (Phi) is 5.24. The number of anilines is 2. The molecule has 24 heavy (non-hydrogen) atoms. The van der Waals surface area contributed by atoms with Gasteiger partial charge in [-0.2, -0.15) is 0 Å². The van der Waals surface area contributed by atoms with Crippen LogP contribution in [0.1, 0.15) is 19.4 Å². The zero-order valence-corrected chi connectivity index (χ0v) is 14.4. The van der Waals surface area contributed by atoms with Gasteiger partial charge in [-0.25, -0.2) is 4.39 Å². The van der Waals surface area contributed by atoms with Gasteiger partial charge < -0.3 is 10.6 Å². The molecule has 2 aromatic carbocycles. The summed E-state index contributed by atoms with van der Waals surface area (Å²) in [5.41, 5.74) is 0.300. The minimum absolute atomic E-state index is 0.291. The maximum atomic E-state index is 13.2. The molecule has 0 aliphatic heterocycles. The summed E-state index contributed by atoms with van der Waals surface area (Å²) in [6.07, 6.45) is 0. The third-order valence-corrected chi connectivity index (χ3v) is 3.90. The van der Waals surface area contributed by atoms with Crippen LogP contribution in [-0.2, 0) is 9.59 Å². The average Bonchev–Trinajstić information content (AvgIpc) is 2.50. The Bertz CT molecular complexity index is 790. The minimum Gasteiger partial charge on any atom is -0.325 e. The minimum atomic E-state index is -1.36. The summed E-state index contributed by atoms with van der Waals surface area (Å²) in [6, 6.07) is 10.6. The van der Waals surface area contributed by atoms with Crippen molar-refractivity contribution in [1.29, 1.82) is 0 Å². The number of benzene rings is 2. The quantitative estimate of drug-likeness (QED) is 0.805. The van der Waals surface area contributed by atoms with Gasteiger partial charge in [-0.15, -0.1) is 0 Å². The molecule has 0 aromatic heterocycles. The van der Waals surface area contributed by atoms with Crippen molar-refractivity contribution >= 4 is 34.8 Å². The Hall–Kier alpha value is -2.40. The highest BCUT2D eigenvalue weighted by Gasteiger charge is 2.36. The lowest BCUT2D eigenvalue weighted by Gasteiger charge is -2.23. The summed E-state index contributed by atoms with van der Waals surface area (Å²) in [6.45, 7) is 4.82. The number of carbonyl (C=O) groups is 2. The van der Waals surface area contributed by atoms with Crippen molar-refractivity contribution in [2.45, 2.75) is 20.8 Å². The second kappa shape index (κ2) is 7.01. The van der Waals surface area contributed by atoms with Gasteiger partial charge in [0.25, 0.3) is 0 Å². The zero-order valence-electron chi connectivity index (χ0n) is 13.6. The Morgan fingerprint density at radius 3 is 2.38 bits per heavy atom. The van der Waals surface area contributed by atoms with Gasteiger partial charge in [0.2, 0.25) is 11.8 Å². The normalized spacial score (nSPS) is 11.0. The van der Waals surface area contributed by atoms with Crippen molar-refractivity contribution in [3.8, 4) is 0 Å². The molecule has 0 saturated heterocycles. The number of hydrogen-bond acceptors (Lipinski definition) is 2. The van der Waals surface area contributed by atoms with Crippen molar-refractivity contribution in [2.75, 3.05) is 10.6 Å². The van der Waals surface area contributed by atoms with Crippen LogP contribution < -0.4 is 10.6 Å². The molecule has 0 bridgehead atoms. The van der Waals surface area contributed by atoms with Crippen LogP contribution in [0, 0.1) is 18.2 Å². The van der Waals surface area contributed by atoms with Crippen LogP contribution in [0.15, 0.2) is 42.5 Å². The third-order valence-electron chi connectivity index (χ3n) is 3.67. The van der Waals surface area contributed by atoms with Crippen molar-refractivity contribution in [3.05, 3.63) is 58.9 Å². The van der Waals surface area contributed by atoms with E-state index in [-0.39, 0.29) is 0 Å². The van der Waals surface area contributed by atoms with Crippen molar-refractivity contribution in [2.24, 2.45) is 5.41 Å². The Labute approximate surface area is 145 Å². The fourth-order valence-electron chi connectivity index (χ4n) is 1.96. The van der Waals surface area contributed by atoms with Gasteiger partial charge in [0.15, 0.2) is 0 Å². The fraction of sp³-hybridized carbons (Fsp3) is 0.222. The van der Waals surface area contributed by atoms with E-state index >= 15 is 0 Å². The van der Waals surface area contributed by atoms with Crippen molar-refractivity contribution in [3.63, 3.8) is 0 Å². The van der Waals surface area contributed by atoms with Crippen LogP contribution in [-0.4, -0.2) is 11.8 Å². The highest BCUT2D eigenvalue weighted by Crippen LogP contribution is 2.25. The molecular weight excluding hydrogens is 331 g/mol. The first kappa shape index (κ1) is 17.9.